The Morgan fingerprint density at radius 2 is 2.00 bits per heavy atom. The highest BCUT2D eigenvalue weighted by atomic mass is 33.1. The van der Waals surface area contributed by atoms with E-state index < -0.39 is 5.77 Å². The van der Waals surface area contributed by atoms with Crippen molar-refractivity contribution in [3.8, 4) is 0 Å². The Morgan fingerprint density at radius 1 is 1.40 bits per heavy atom. The van der Waals surface area contributed by atoms with Crippen LogP contribution in [0.2, 0.25) is 0 Å². The van der Waals surface area contributed by atoms with Gasteiger partial charge in [-0.15, -0.1) is 0 Å². The minimum Gasteiger partial charge on any atom is -0.317 e. The van der Waals surface area contributed by atoms with Crippen LogP contribution in [0.4, 0.5) is 0 Å². The maximum atomic E-state index is 12.0. The van der Waals surface area contributed by atoms with Gasteiger partial charge in [0.05, 0.1) is 0 Å². The van der Waals surface area contributed by atoms with Crippen LogP contribution >= 0.6 is 40.3 Å². The van der Waals surface area contributed by atoms with Crippen molar-refractivity contribution in [2.24, 2.45) is 0 Å². The van der Waals surface area contributed by atoms with E-state index in [1.165, 1.54) is 29.9 Å². The lowest BCUT2D eigenvalue weighted by atomic mass is 10.4. The van der Waals surface area contributed by atoms with Gasteiger partial charge < -0.3 is 4.52 Å². The van der Waals surface area contributed by atoms with Gasteiger partial charge in [0.1, 0.15) is 0 Å². The van der Waals surface area contributed by atoms with Crippen molar-refractivity contribution in [3.63, 3.8) is 0 Å². The predicted octanol–water partition coefficient (Wildman–Crippen LogP) is 4.76. The Balaban J connectivity index is 4.04. The molecule has 15 heavy (non-hydrogen) atoms. The van der Waals surface area contributed by atoms with Crippen molar-refractivity contribution in [1.29, 1.82) is 0 Å². The number of hydrogen-bond donors (Lipinski definition) is 0. The second-order valence-corrected chi connectivity index (χ2v) is 12.9. The van der Waals surface area contributed by atoms with Gasteiger partial charge in [0, 0.05) is 18.1 Å². The van der Waals surface area contributed by atoms with Crippen LogP contribution in [0, 0.1) is 0 Å². The van der Waals surface area contributed by atoms with Crippen LogP contribution in [0.1, 0.15) is 27.2 Å². The lowest BCUT2D eigenvalue weighted by molar-refractivity contribution is 0.424. The van der Waals surface area contributed by atoms with Gasteiger partial charge >= 0.3 is 5.77 Å². The SMILES string of the molecule is CCC(CSP(=O)(OC)SC)SC(C)C. The average molecular weight is 288 g/mol. The molecule has 0 aliphatic rings. The minimum atomic E-state index is -2.47. The van der Waals surface area contributed by atoms with E-state index in [-0.39, 0.29) is 0 Å². The van der Waals surface area contributed by atoms with Crippen LogP contribution in [-0.2, 0) is 9.09 Å². The fourth-order valence-corrected chi connectivity index (χ4v) is 7.38. The average Bonchev–Trinajstić information content (AvgIpc) is 2.23. The Labute approximate surface area is 106 Å². The first-order valence-electron chi connectivity index (χ1n) is 4.99. The molecule has 0 spiro atoms. The lowest BCUT2D eigenvalue weighted by Gasteiger charge is -2.19. The fourth-order valence-electron chi connectivity index (χ4n) is 0.993. The third-order valence-electron chi connectivity index (χ3n) is 1.79. The molecule has 0 heterocycles. The summed E-state index contributed by atoms with van der Waals surface area (Å²) in [5.41, 5.74) is 0. The summed E-state index contributed by atoms with van der Waals surface area (Å²) in [7, 11) is 1.53. The maximum absolute atomic E-state index is 12.0. The van der Waals surface area contributed by atoms with Gasteiger partial charge in [0.15, 0.2) is 0 Å². The summed E-state index contributed by atoms with van der Waals surface area (Å²) in [5.74, 6) is -1.56. The van der Waals surface area contributed by atoms with Crippen molar-refractivity contribution in [2.75, 3.05) is 19.1 Å². The third-order valence-corrected chi connectivity index (χ3v) is 11.1. The molecule has 0 saturated carbocycles. The van der Waals surface area contributed by atoms with Gasteiger partial charge in [-0.25, -0.2) is 0 Å². The molecular formula is C9H21O2PS3. The summed E-state index contributed by atoms with van der Waals surface area (Å²) in [6.07, 6.45) is 2.96. The van der Waals surface area contributed by atoms with E-state index in [4.69, 9.17) is 4.52 Å². The predicted molar refractivity (Wildman–Crippen MR) is 77.4 cm³/mol. The van der Waals surface area contributed by atoms with Crippen molar-refractivity contribution in [1.82, 2.24) is 0 Å². The molecule has 0 aromatic heterocycles. The molecule has 0 aliphatic carbocycles. The summed E-state index contributed by atoms with van der Waals surface area (Å²) < 4.78 is 17.0. The highest BCUT2D eigenvalue weighted by Crippen LogP contribution is 2.68. The van der Waals surface area contributed by atoms with E-state index in [0.29, 0.717) is 10.5 Å². The first kappa shape index (κ1) is 16.2. The van der Waals surface area contributed by atoms with Gasteiger partial charge in [0.25, 0.3) is 0 Å². The van der Waals surface area contributed by atoms with Crippen molar-refractivity contribution in [2.45, 2.75) is 37.7 Å². The van der Waals surface area contributed by atoms with Crippen LogP contribution < -0.4 is 0 Å². The topological polar surface area (TPSA) is 26.3 Å². The molecule has 2 atom stereocenters. The highest BCUT2D eigenvalue weighted by Gasteiger charge is 2.23. The Hall–Kier alpha value is 1.24. The molecule has 2 nitrogen and oxygen atoms in total. The molecule has 0 aromatic rings. The largest absolute Gasteiger partial charge is 0.317 e. The molecule has 0 saturated heterocycles. The molecular weight excluding hydrogens is 267 g/mol. The Morgan fingerprint density at radius 3 is 2.33 bits per heavy atom. The van der Waals surface area contributed by atoms with E-state index in [1.54, 1.807) is 0 Å². The third kappa shape index (κ3) is 7.22. The monoisotopic (exact) mass is 288 g/mol. The van der Waals surface area contributed by atoms with E-state index in [2.05, 4.69) is 20.8 Å². The summed E-state index contributed by atoms with van der Waals surface area (Å²) in [6.45, 7) is 6.57. The molecule has 0 aliphatic heterocycles. The normalized spacial score (nSPS) is 17.7. The van der Waals surface area contributed by atoms with Crippen LogP contribution in [0.15, 0.2) is 0 Å². The maximum Gasteiger partial charge on any atom is 0.312 e. The molecule has 0 bridgehead atoms. The molecule has 0 N–H and O–H groups in total. The lowest BCUT2D eigenvalue weighted by Crippen LogP contribution is -2.08. The van der Waals surface area contributed by atoms with E-state index in [9.17, 15) is 4.57 Å². The molecule has 6 heteroatoms. The first-order valence-corrected chi connectivity index (χ1v) is 11.0. The van der Waals surface area contributed by atoms with Gasteiger partial charge in [-0.1, -0.05) is 43.5 Å². The van der Waals surface area contributed by atoms with Gasteiger partial charge in [-0.05, 0) is 17.9 Å². The van der Waals surface area contributed by atoms with Gasteiger partial charge in [0.2, 0.25) is 0 Å². The fraction of sp³-hybridized carbons (Fsp3) is 1.00. The molecule has 0 fully saturated rings. The summed E-state index contributed by atoms with van der Waals surface area (Å²) in [5, 5.41) is 1.21. The Kier molecular flexibility index (Phi) is 9.04. The number of thioether (sulfide) groups is 1. The molecule has 0 rings (SSSR count). The molecule has 2 unspecified atom stereocenters. The molecule has 92 valence electrons. The second kappa shape index (κ2) is 8.35. The van der Waals surface area contributed by atoms with Crippen LogP contribution in [0.3, 0.4) is 0 Å². The standard InChI is InChI=1S/C9H21O2PS3/c1-6-9(15-8(2)3)7-14-12(10,11-4)13-5/h8-9H,6-7H2,1-5H3. The zero-order valence-corrected chi connectivity index (χ0v) is 13.4. The van der Waals surface area contributed by atoms with Crippen LogP contribution in [0.25, 0.3) is 0 Å². The summed E-state index contributed by atoms with van der Waals surface area (Å²) >= 11 is 4.76. The van der Waals surface area contributed by atoms with Gasteiger partial charge in [-0.2, -0.15) is 11.8 Å². The second-order valence-electron chi connectivity index (χ2n) is 3.32. The smallest absolute Gasteiger partial charge is 0.312 e. The van der Waals surface area contributed by atoms with E-state index in [1.807, 2.05) is 18.0 Å². The van der Waals surface area contributed by atoms with E-state index >= 15 is 0 Å². The highest BCUT2D eigenvalue weighted by molar-refractivity contribution is 8.89. The van der Waals surface area contributed by atoms with Crippen LogP contribution in [-0.4, -0.2) is 29.6 Å². The molecule has 0 radical (unpaired) electrons. The van der Waals surface area contributed by atoms with E-state index in [0.717, 1.165) is 12.2 Å². The van der Waals surface area contributed by atoms with Gasteiger partial charge in [-0.3, -0.25) is 4.57 Å². The molecule has 0 aromatic carbocycles. The number of rotatable bonds is 8. The zero-order valence-electron chi connectivity index (χ0n) is 10.1. The van der Waals surface area contributed by atoms with Crippen molar-refractivity contribution in [3.05, 3.63) is 0 Å². The number of hydrogen-bond acceptors (Lipinski definition) is 5. The summed E-state index contributed by atoms with van der Waals surface area (Å²) in [6, 6.07) is 0. The van der Waals surface area contributed by atoms with Crippen LogP contribution in [0.5, 0.6) is 0 Å². The quantitative estimate of drug-likeness (QED) is 0.600. The zero-order chi connectivity index (χ0) is 11.9. The van der Waals surface area contributed by atoms with Crippen molar-refractivity contribution >= 4 is 40.3 Å². The minimum absolute atomic E-state index is 0.575. The van der Waals surface area contributed by atoms with Crippen molar-refractivity contribution < 1.29 is 9.09 Å². The Bertz CT molecular complexity index is 204. The molecule has 0 amide bonds. The first-order chi connectivity index (χ1) is 6.97. The summed E-state index contributed by atoms with van der Waals surface area (Å²) in [4.78, 5) is 0.